The Hall–Kier alpha value is -3.43. The van der Waals surface area contributed by atoms with Crippen LogP contribution >= 0.6 is 0 Å². The minimum absolute atomic E-state index is 0.0753. The molecule has 0 radical (unpaired) electrons. The molecule has 4 rings (SSSR count). The SMILES string of the molecule is CCOc1ccccc1CNC(=O)C1CCN(S(=O)(=O)c2c(C)noc2/C=C/c2ccc(C)cc2)CC1. The fourth-order valence-corrected chi connectivity index (χ4v) is 6.13. The van der Waals surface area contributed by atoms with Crippen LogP contribution in [-0.4, -0.2) is 43.5 Å². The highest BCUT2D eigenvalue weighted by Gasteiger charge is 2.35. The van der Waals surface area contributed by atoms with E-state index in [1.165, 1.54) is 4.31 Å². The van der Waals surface area contributed by atoms with Gasteiger partial charge in [0.25, 0.3) is 0 Å². The lowest BCUT2D eigenvalue weighted by Gasteiger charge is -2.30. The lowest BCUT2D eigenvalue weighted by atomic mass is 9.97. The Morgan fingerprint density at radius 2 is 1.81 bits per heavy atom. The molecule has 0 spiro atoms. The summed E-state index contributed by atoms with van der Waals surface area (Å²) in [7, 11) is -3.83. The van der Waals surface area contributed by atoms with Crippen LogP contribution in [0.3, 0.4) is 0 Å². The number of aryl methyl sites for hydroxylation is 2. The molecule has 1 fully saturated rings. The number of hydrogen-bond donors (Lipinski definition) is 1. The van der Waals surface area contributed by atoms with Crippen molar-refractivity contribution in [2.24, 2.45) is 5.92 Å². The fraction of sp³-hybridized carbons (Fsp3) is 0.357. The van der Waals surface area contributed by atoms with E-state index in [9.17, 15) is 13.2 Å². The van der Waals surface area contributed by atoms with Crippen LogP contribution in [0.1, 0.15) is 47.9 Å². The van der Waals surface area contributed by atoms with Crippen molar-refractivity contribution in [3.05, 3.63) is 76.7 Å². The Bertz CT molecular complexity index is 1350. The monoisotopic (exact) mass is 523 g/mol. The van der Waals surface area contributed by atoms with E-state index in [-0.39, 0.29) is 35.6 Å². The molecule has 1 aliphatic heterocycles. The third-order valence-corrected chi connectivity index (χ3v) is 8.54. The van der Waals surface area contributed by atoms with Gasteiger partial charge in [-0.15, -0.1) is 0 Å². The van der Waals surface area contributed by atoms with Gasteiger partial charge >= 0.3 is 0 Å². The second kappa shape index (κ2) is 11.7. The van der Waals surface area contributed by atoms with Gasteiger partial charge in [0.05, 0.1) is 6.61 Å². The Balaban J connectivity index is 1.39. The first kappa shape index (κ1) is 26.6. The summed E-state index contributed by atoms with van der Waals surface area (Å²) in [5.41, 5.74) is 3.30. The summed E-state index contributed by atoms with van der Waals surface area (Å²) in [6.45, 7) is 6.97. The van der Waals surface area contributed by atoms with E-state index in [2.05, 4.69) is 10.5 Å². The average molecular weight is 524 g/mol. The summed E-state index contributed by atoms with van der Waals surface area (Å²) in [5, 5.41) is 6.90. The van der Waals surface area contributed by atoms with Crippen molar-refractivity contribution in [3.63, 3.8) is 0 Å². The zero-order valence-electron chi connectivity index (χ0n) is 21.4. The summed E-state index contributed by atoms with van der Waals surface area (Å²) in [4.78, 5) is 12.9. The number of piperidine rings is 1. The molecule has 0 unspecified atom stereocenters. The topological polar surface area (TPSA) is 102 Å². The average Bonchev–Trinajstić information content (AvgIpc) is 3.29. The molecule has 37 heavy (non-hydrogen) atoms. The van der Waals surface area contributed by atoms with Crippen molar-refractivity contribution in [2.45, 2.75) is 45.1 Å². The van der Waals surface area contributed by atoms with E-state index in [1.54, 1.807) is 19.1 Å². The second-order valence-corrected chi connectivity index (χ2v) is 11.0. The first-order chi connectivity index (χ1) is 17.8. The summed E-state index contributed by atoms with van der Waals surface area (Å²) < 4.78 is 39.4. The van der Waals surface area contributed by atoms with Gasteiger partial charge in [-0.3, -0.25) is 4.79 Å². The molecule has 0 saturated carbocycles. The number of hydrogen-bond acceptors (Lipinski definition) is 6. The third kappa shape index (κ3) is 6.29. The van der Waals surface area contributed by atoms with Gasteiger partial charge in [0, 0.05) is 31.1 Å². The number of nitrogens with zero attached hydrogens (tertiary/aromatic N) is 2. The molecule has 9 heteroatoms. The molecule has 1 aliphatic rings. The third-order valence-electron chi connectivity index (χ3n) is 6.49. The van der Waals surface area contributed by atoms with Crippen molar-refractivity contribution in [1.29, 1.82) is 0 Å². The molecule has 8 nitrogen and oxygen atoms in total. The fourth-order valence-electron chi connectivity index (χ4n) is 4.41. The van der Waals surface area contributed by atoms with Crippen LogP contribution in [0.4, 0.5) is 0 Å². The summed E-state index contributed by atoms with van der Waals surface area (Å²) in [6, 6.07) is 15.5. The highest BCUT2D eigenvalue weighted by atomic mass is 32.2. The minimum Gasteiger partial charge on any atom is -0.494 e. The summed E-state index contributed by atoms with van der Waals surface area (Å²) >= 11 is 0. The first-order valence-corrected chi connectivity index (χ1v) is 13.9. The van der Waals surface area contributed by atoms with E-state index in [1.807, 2.05) is 62.4 Å². The number of carbonyl (C=O) groups excluding carboxylic acids is 1. The van der Waals surface area contributed by atoms with Crippen molar-refractivity contribution in [2.75, 3.05) is 19.7 Å². The van der Waals surface area contributed by atoms with Gasteiger partial charge in [-0.1, -0.05) is 59.3 Å². The molecule has 3 aromatic rings. The van der Waals surface area contributed by atoms with Crippen LogP contribution in [-0.2, 0) is 21.4 Å². The van der Waals surface area contributed by atoms with Gasteiger partial charge in [-0.05, 0) is 51.3 Å². The molecule has 0 aliphatic carbocycles. The van der Waals surface area contributed by atoms with Crippen molar-refractivity contribution >= 4 is 28.1 Å². The molecule has 1 amide bonds. The molecule has 0 bridgehead atoms. The Morgan fingerprint density at radius 3 is 2.51 bits per heavy atom. The van der Waals surface area contributed by atoms with Crippen molar-refractivity contribution in [1.82, 2.24) is 14.8 Å². The van der Waals surface area contributed by atoms with E-state index in [0.29, 0.717) is 31.7 Å². The van der Waals surface area contributed by atoms with Gasteiger partial charge in [0.2, 0.25) is 15.9 Å². The number of aromatic nitrogens is 1. The molecule has 1 aromatic heterocycles. The van der Waals surface area contributed by atoms with Crippen LogP contribution in [0.15, 0.2) is 57.9 Å². The van der Waals surface area contributed by atoms with Gasteiger partial charge < -0.3 is 14.6 Å². The lowest BCUT2D eigenvalue weighted by Crippen LogP contribution is -2.43. The van der Waals surface area contributed by atoms with Crippen molar-refractivity contribution in [3.8, 4) is 5.75 Å². The van der Waals surface area contributed by atoms with E-state index in [0.717, 1.165) is 22.4 Å². The molecule has 1 saturated heterocycles. The smallest absolute Gasteiger partial charge is 0.248 e. The molecular weight excluding hydrogens is 490 g/mol. The number of amides is 1. The number of para-hydroxylation sites is 1. The number of nitrogens with one attached hydrogen (secondary N) is 1. The first-order valence-electron chi connectivity index (χ1n) is 12.5. The standard InChI is InChI=1S/C28H33N3O5S/c1-4-35-25-8-6-5-7-24(25)19-29-28(32)23-15-17-31(18-16-23)37(33,34)27-21(3)30-36-26(27)14-13-22-11-9-20(2)10-12-22/h5-14,23H,4,15-19H2,1-3H3,(H,29,32)/b14-13+. The number of sulfonamides is 1. The van der Waals surface area contributed by atoms with E-state index in [4.69, 9.17) is 9.26 Å². The maximum Gasteiger partial charge on any atom is 0.248 e. The van der Waals surface area contributed by atoms with Gasteiger partial charge in [-0.2, -0.15) is 4.31 Å². The Labute approximate surface area is 218 Å². The number of rotatable bonds is 9. The number of benzene rings is 2. The van der Waals surface area contributed by atoms with Crippen LogP contribution in [0.2, 0.25) is 0 Å². The zero-order chi connectivity index (χ0) is 26.4. The molecular formula is C28H33N3O5S. The molecule has 2 aromatic carbocycles. The number of carbonyl (C=O) groups is 1. The van der Waals surface area contributed by atoms with Gasteiger partial charge in [0.1, 0.15) is 11.4 Å². The summed E-state index contributed by atoms with van der Waals surface area (Å²) in [5.74, 6) is 0.620. The lowest BCUT2D eigenvalue weighted by molar-refractivity contribution is -0.126. The molecule has 1 N–H and O–H groups in total. The molecule has 2 heterocycles. The number of ether oxygens (including phenoxy) is 1. The van der Waals surface area contributed by atoms with Gasteiger partial charge in [0.15, 0.2) is 10.7 Å². The molecule has 196 valence electrons. The molecule has 0 atom stereocenters. The zero-order valence-corrected chi connectivity index (χ0v) is 22.3. The Morgan fingerprint density at radius 1 is 1.11 bits per heavy atom. The minimum atomic E-state index is -3.83. The highest BCUT2D eigenvalue weighted by molar-refractivity contribution is 7.89. The highest BCUT2D eigenvalue weighted by Crippen LogP contribution is 2.29. The van der Waals surface area contributed by atoms with E-state index < -0.39 is 10.0 Å². The predicted molar refractivity (Wildman–Crippen MR) is 142 cm³/mol. The normalized spacial score (nSPS) is 15.2. The van der Waals surface area contributed by atoms with Crippen LogP contribution in [0.5, 0.6) is 5.75 Å². The largest absolute Gasteiger partial charge is 0.494 e. The van der Waals surface area contributed by atoms with Crippen LogP contribution in [0.25, 0.3) is 12.2 Å². The Kier molecular flexibility index (Phi) is 8.45. The maximum atomic E-state index is 13.5. The second-order valence-electron chi connectivity index (χ2n) is 9.14. The quantitative estimate of drug-likeness (QED) is 0.441. The van der Waals surface area contributed by atoms with Crippen LogP contribution in [0, 0.1) is 19.8 Å². The van der Waals surface area contributed by atoms with E-state index >= 15 is 0 Å². The maximum absolute atomic E-state index is 13.5. The van der Waals surface area contributed by atoms with Crippen molar-refractivity contribution < 1.29 is 22.5 Å². The summed E-state index contributed by atoms with van der Waals surface area (Å²) in [6.07, 6.45) is 4.32. The predicted octanol–water partition coefficient (Wildman–Crippen LogP) is 4.58. The van der Waals surface area contributed by atoms with Gasteiger partial charge in [-0.25, -0.2) is 8.42 Å². The van der Waals surface area contributed by atoms with Crippen LogP contribution < -0.4 is 10.1 Å².